The van der Waals surface area contributed by atoms with Crippen molar-refractivity contribution in [2.75, 3.05) is 12.4 Å². The maximum absolute atomic E-state index is 12.5. The molecule has 158 valence electrons. The minimum Gasteiger partial charge on any atom is -0.496 e. The fraction of sp³-hybridized carbons (Fsp3) is 0.217. The van der Waals surface area contributed by atoms with E-state index in [-0.39, 0.29) is 24.3 Å². The quantitative estimate of drug-likeness (QED) is 0.473. The number of aryl methyl sites for hydroxylation is 3. The number of methoxy groups -OCH3 is 1. The van der Waals surface area contributed by atoms with Gasteiger partial charge in [-0.05, 0) is 49.7 Å². The van der Waals surface area contributed by atoms with E-state index >= 15 is 0 Å². The van der Waals surface area contributed by atoms with E-state index in [0.29, 0.717) is 21.9 Å². The zero-order valence-electron chi connectivity index (χ0n) is 17.5. The van der Waals surface area contributed by atoms with Crippen LogP contribution in [0.2, 0.25) is 0 Å². The second-order valence-corrected chi connectivity index (χ2v) is 8.39. The minimum atomic E-state index is -0.270. The van der Waals surface area contributed by atoms with Crippen LogP contribution in [0, 0.1) is 13.8 Å². The van der Waals surface area contributed by atoms with E-state index in [4.69, 9.17) is 4.74 Å². The summed E-state index contributed by atoms with van der Waals surface area (Å²) >= 11 is 1.42. The Morgan fingerprint density at radius 2 is 1.97 bits per heavy atom. The summed E-state index contributed by atoms with van der Waals surface area (Å²) in [6.45, 7) is 3.95. The topological polar surface area (TPSA) is 97.0 Å². The average molecular weight is 435 g/mol. The third-order valence-corrected chi connectivity index (χ3v) is 5.86. The Kier molecular flexibility index (Phi) is 5.81. The normalized spacial score (nSPS) is 10.9. The molecule has 0 bridgehead atoms. The van der Waals surface area contributed by atoms with E-state index in [1.165, 1.54) is 11.3 Å². The molecule has 0 aliphatic heterocycles. The maximum Gasteiger partial charge on any atom is 0.270 e. The van der Waals surface area contributed by atoms with Crippen molar-refractivity contribution in [2.45, 2.75) is 26.7 Å². The highest BCUT2D eigenvalue weighted by Gasteiger charge is 2.14. The van der Waals surface area contributed by atoms with Crippen LogP contribution in [0.4, 0.5) is 5.13 Å². The number of aromatic amines is 1. The Hall–Kier alpha value is -3.52. The Balaban J connectivity index is 1.45. The zero-order valence-corrected chi connectivity index (χ0v) is 18.3. The molecule has 1 amide bonds. The van der Waals surface area contributed by atoms with Crippen molar-refractivity contribution in [1.82, 2.24) is 15.0 Å². The number of carbonyl (C=O) groups is 1. The van der Waals surface area contributed by atoms with Crippen LogP contribution in [0.15, 0.2) is 47.3 Å². The molecule has 0 aliphatic carbocycles. The summed E-state index contributed by atoms with van der Waals surface area (Å²) in [5.74, 6) is 0.614. The molecule has 8 heteroatoms. The van der Waals surface area contributed by atoms with Crippen molar-refractivity contribution >= 4 is 33.4 Å². The van der Waals surface area contributed by atoms with E-state index in [2.05, 4.69) is 20.3 Å². The molecule has 0 fully saturated rings. The fourth-order valence-electron chi connectivity index (χ4n) is 3.39. The number of nitrogens with one attached hydrogen (secondary N) is 2. The highest BCUT2D eigenvalue weighted by atomic mass is 32.1. The standard InChI is InChI=1S/C23H22N4O3S/c1-13-12-15(8-10-19(13)30-3)21-14(2)31-23(27-21)26-20(28)11-9-18-22(29)25-17-7-5-4-6-16(17)24-18/h4-8,10,12H,9,11H2,1-3H3,(H,25,29)(H,26,27,28). The Morgan fingerprint density at radius 3 is 2.74 bits per heavy atom. The number of anilines is 1. The van der Waals surface area contributed by atoms with Gasteiger partial charge in [-0.1, -0.05) is 12.1 Å². The molecule has 7 nitrogen and oxygen atoms in total. The van der Waals surface area contributed by atoms with E-state index in [0.717, 1.165) is 27.4 Å². The summed E-state index contributed by atoms with van der Waals surface area (Å²) in [5.41, 5.74) is 4.28. The van der Waals surface area contributed by atoms with Crippen LogP contribution in [-0.4, -0.2) is 28.0 Å². The molecule has 2 N–H and O–H groups in total. The lowest BCUT2D eigenvalue weighted by Gasteiger charge is -2.06. The number of ether oxygens (including phenoxy) is 1. The lowest BCUT2D eigenvalue weighted by molar-refractivity contribution is -0.116. The Labute approximate surface area is 183 Å². The summed E-state index contributed by atoms with van der Waals surface area (Å²) in [5, 5.41) is 3.37. The molecule has 2 aromatic heterocycles. The van der Waals surface area contributed by atoms with Gasteiger partial charge in [0.1, 0.15) is 11.4 Å². The molecule has 0 aliphatic rings. The molecule has 2 aromatic carbocycles. The van der Waals surface area contributed by atoms with Gasteiger partial charge in [-0.15, -0.1) is 11.3 Å². The second kappa shape index (κ2) is 8.69. The lowest BCUT2D eigenvalue weighted by atomic mass is 10.1. The van der Waals surface area contributed by atoms with Crippen molar-refractivity contribution in [2.24, 2.45) is 0 Å². The summed E-state index contributed by atoms with van der Waals surface area (Å²) in [4.78, 5) is 37.5. The highest BCUT2D eigenvalue weighted by Crippen LogP contribution is 2.32. The number of hydrogen-bond acceptors (Lipinski definition) is 6. The van der Waals surface area contributed by atoms with Gasteiger partial charge in [0.2, 0.25) is 5.91 Å². The van der Waals surface area contributed by atoms with Crippen LogP contribution in [0.25, 0.3) is 22.3 Å². The van der Waals surface area contributed by atoms with Crippen molar-refractivity contribution in [3.05, 3.63) is 69.0 Å². The first-order chi connectivity index (χ1) is 14.9. The minimum absolute atomic E-state index is 0.143. The van der Waals surface area contributed by atoms with E-state index in [1.807, 2.05) is 50.2 Å². The summed E-state index contributed by atoms with van der Waals surface area (Å²) < 4.78 is 5.31. The number of thiazole rings is 1. The largest absolute Gasteiger partial charge is 0.496 e. The molecule has 0 saturated carbocycles. The first-order valence-electron chi connectivity index (χ1n) is 9.85. The number of carbonyl (C=O) groups excluding carboxylic acids is 1. The average Bonchev–Trinajstić information content (AvgIpc) is 3.12. The number of hydrogen-bond donors (Lipinski definition) is 2. The van der Waals surface area contributed by atoms with Gasteiger partial charge in [0.05, 0.1) is 23.8 Å². The van der Waals surface area contributed by atoms with Crippen LogP contribution >= 0.6 is 11.3 Å². The van der Waals surface area contributed by atoms with Gasteiger partial charge in [-0.2, -0.15) is 0 Å². The van der Waals surface area contributed by atoms with Crippen LogP contribution in [0.1, 0.15) is 22.6 Å². The fourth-order valence-corrected chi connectivity index (χ4v) is 4.25. The molecule has 0 atom stereocenters. The van der Waals surface area contributed by atoms with Gasteiger partial charge >= 0.3 is 0 Å². The van der Waals surface area contributed by atoms with E-state index in [9.17, 15) is 9.59 Å². The third kappa shape index (κ3) is 4.49. The number of rotatable bonds is 6. The number of amides is 1. The molecule has 0 radical (unpaired) electrons. The third-order valence-electron chi connectivity index (χ3n) is 4.97. The van der Waals surface area contributed by atoms with Gasteiger partial charge in [-0.3, -0.25) is 9.59 Å². The first-order valence-corrected chi connectivity index (χ1v) is 10.7. The van der Waals surface area contributed by atoms with Gasteiger partial charge in [0.25, 0.3) is 5.56 Å². The van der Waals surface area contributed by atoms with Crippen LogP contribution < -0.4 is 15.6 Å². The summed E-state index contributed by atoms with van der Waals surface area (Å²) in [7, 11) is 1.64. The monoisotopic (exact) mass is 434 g/mol. The van der Waals surface area contributed by atoms with Crippen LogP contribution in [-0.2, 0) is 11.2 Å². The molecule has 0 saturated heterocycles. The van der Waals surface area contributed by atoms with E-state index in [1.54, 1.807) is 13.2 Å². The molecule has 2 heterocycles. The van der Waals surface area contributed by atoms with Gasteiger partial charge in [-0.25, -0.2) is 9.97 Å². The number of nitrogens with zero attached hydrogens (tertiary/aromatic N) is 2. The number of fused-ring (bicyclic) bond motifs is 1. The number of H-pyrrole nitrogens is 1. The molecular weight excluding hydrogens is 412 g/mol. The molecule has 0 spiro atoms. The number of aromatic nitrogens is 3. The van der Waals surface area contributed by atoms with Crippen molar-refractivity contribution < 1.29 is 9.53 Å². The number of para-hydroxylation sites is 2. The van der Waals surface area contributed by atoms with E-state index < -0.39 is 0 Å². The lowest BCUT2D eigenvalue weighted by Crippen LogP contribution is -2.18. The van der Waals surface area contributed by atoms with Crippen molar-refractivity contribution in [3.63, 3.8) is 0 Å². The highest BCUT2D eigenvalue weighted by molar-refractivity contribution is 7.16. The van der Waals surface area contributed by atoms with Crippen molar-refractivity contribution in [3.8, 4) is 17.0 Å². The summed E-state index contributed by atoms with van der Waals surface area (Å²) in [6, 6.07) is 13.2. The van der Waals surface area contributed by atoms with Gasteiger partial charge in [0, 0.05) is 23.3 Å². The second-order valence-electron chi connectivity index (χ2n) is 7.19. The molecule has 4 rings (SSSR count). The SMILES string of the molecule is COc1ccc(-c2nc(NC(=O)CCc3nc4ccccc4[nH]c3=O)sc2C)cc1C. The molecule has 4 aromatic rings. The Bertz CT molecular complexity index is 1330. The van der Waals surface area contributed by atoms with Crippen molar-refractivity contribution in [1.29, 1.82) is 0 Å². The van der Waals surface area contributed by atoms with Crippen LogP contribution in [0.5, 0.6) is 5.75 Å². The van der Waals surface area contributed by atoms with Gasteiger partial charge < -0.3 is 15.0 Å². The first kappa shape index (κ1) is 20.7. The smallest absolute Gasteiger partial charge is 0.270 e. The molecule has 0 unspecified atom stereocenters. The molecular formula is C23H22N4O3S. The zero-order chi connectivity index (χ0) is 22.0. The van der Waals surface area contributed by atoms with Gasteiger partial charge in [0.15, 0.2) is 5.13 Å². The molecule has 31 heavy (non-hydrogen) atoms. The van der Waals surface area contributed by atoms with Crippen LogP contribution in [0.3, 0.4) is 0 Å². The predicted octanol–water partition coefficient (Wildman–Crippen LogP) is 4.24. The maximum atomic E-state index is 12.5. The summed E-state index contributed by atoms with van der Waals surface area (Å²) in [6.07, 6.45) is 0.394. The Morgan fingerprint density at radius 1 is 1.16 bits per heavy atom. The number of benzene rings is 2. The predicted molar refractivity (Wildman–Crippen MR) is 123 cm³/mol.